The molecular weight excluding hydrogens is 304 g/mol. The van der Waals surface area contributed by atoms with Gasteiger partial charge in [-0.25, -0.2) is 4.98 Å². The van der Waals surface area contributed by atoms with E-state index in [-0.39, 0.29) is 0 Å². The zero-order valence-corrected chi connectivity index (χ0v) is 13.7. The number of para-hydroxylation sites is 2. The molecule has 1 saturated heterocycles. The van der Waals surface area contributed by atoms with Gasteiger partial charge in [0.2, 0.25) is 5.88 Å². The second-order valence-electron chi connectivity index (χ2n) is 5.94. The fourth-order valence-electron chi connectivity index (χ4n) is 2.98. The number of methoxy groups -OCH3 is 1. The van der Waals surface area contributed by atoms with Crippen molar-refractivity contribution in [3.05, 3.63) is 48.2 Å². The van der Waals surface area contributed by atoms with Crippen LogP contribution in [-0.2, 0) is 6.54 Å². The topological polar surface area (TPSA) is 54.6 Å². The highest BCUT2D eigenvalue weighted by Gasteiger charge is 2.21. The van der Waals surface area contributed by atoms with Gasteiger partial charge in [0, 0.05) is 45.0 Å². The average molecular weight is 324 g/mol. The van der Waals surface area contributed by atoms with Gasteiger partial charge in [0.25, 0.3) is 6.01 Å². The lowest BCUT2D eigenvalue weighted by Gasteiger charge is -2.33. The van der Waals surface area contributed by atoms with Crippen LogP contribution in [0.3, 0.4) is 0 Å². The van der Waals surface area contributed by atoms with E-state index < -0.39 is 0 Å². The molecule has 0 N–H and O–H groups in total. The van der Waals surface area contributed by atoms with Crippen LogP contribution in [0.4, 0.5) is 6.01 Å². The Kier molecular flexibility index (Phi) is 4.04. The lowest BCUT2D eigenvalue weighted by molar-refractivity contribution is 0.245. The van der Waals surface area contributed by atoms with Gasteiger partial charge in [0.05, 0.1) is 7.11 Å². The summed E-state index contributed by atoms with van der Waals surface area (Å²) in [6.07, 6.45) is 1.88. The van der Waals surface area contributed by atoms with E-state index in [9.17, 15) is 0 Å². The fourth-order valence-corrected chi connectivity index (χ4v) is 2.98. The average Bonchev–Trinajstić information content (AvgIpc) is 3.07. The van der Waals surface area contributed by atoms with E-state index in [2.05, 4.69) is 25.8 Å². The van der Waals surface area contributed by atoms with Crippen molar-refractivity contribution in [2.45, 2.75) is 6.54 Å². The van der Waals surface area contributed by atoms with E-state index in [1.807, 2.05) is 36.5 Å². The lowest BCUT2D eigenvalue weighted by atomic mass is 10.2. The zero-order chi connectivity index (χ0) is 16.4. The summed E-state index contributed by atoms with van der Waals surface area (Å²) in [6.45, 7) is 4.68. The number of pyridine rings is 1. The molecule has 1 fully saturated rings. The molecule has 4 rings (SSSR count). The Morgan fingerprint density at radius 1 is 1.08 bits per heavy atom. The third kappa shape index (κ3) is 3.05. The molecule has 1 aliphatic heterocycles. The van der Waals surface area contributed by atoms with Crippen LogP contribution in [0.25, 0.3) is 11.1 Å². The predicted octanol–water partition coefficient (Wildman–Crippen LogP) is 2.55. The highest BCUT2D eigenvalue weighted by molar-refractivity contribution is 5.74. The van der Waals surface area contributed by atoms with Crippen molar-refractivity contribution in [2.24, 2.45) is 0 Å². The zero-order valence-electron chi connectivity index (χ0n) is 13.7. The molecule has 0 saturated carbocycles. The van der Waals surface area contributed by atoms with Crippen LogP contribution in [0, 0.1) is 0 Å². The van der Waals surface area contributed by atoms with Crippen molar-refractivity contribution < 1.29 is 9.15 Å². The van der Waals surface area contributed by atoms with Gasteiger partial charge in [-0.2, -0.15) is 4.98 Å². The summed E-state index contributed by atoms with van der Waals surface area (Å²) in [7, 11) is 1.63. The lowest BCUT2D eigenvalue weighted by Crippen LogP contribution is -2.46. The number of piperazine rings is 1. The number of hydrogen-bond donors (Lipinski definition) is 0. The Morgan fingerprint density at radius 3 is 2.62 bits per heavy atom. The minimum absolute atomic E-state index is 0.652. The Morgan fingerprint density at radius 2 is 1.92 bits per heavy atom. The first-order chi connectivity index (χ1) is 11.8. The molecule has 0 bridgehead atoms. The first kappa shape index (κ1) is 15.0. The summed E-state index contributed by atoms with van der Waals surface area (Å²) in [5.41, 5.74) is 2.96. The van der Waals surface area contributed by atoms with Crippen LogP contribution in [0.2, 0.25) is 0 Å². The van der Waals surface area contributed by atoms with Crippen molar-refractivity contribution in [1.29, 1.82) is 0 Å². The van der Waals surface area contributed by atoms with E-state index in [4.69, 9.17) is 9.15 Å². The first-order valence-electron chi connectivity index (χ1n) is 8.13. The molecule has 0 spiro atoms. The highest BCUT2D eigenvalue weighted by atomic mass is 16.5. The maximum atomic E-state index is 5.86. The van der Waals surface area contributed by atoms with Crippen LogP contribution in [-0.4, -0.2) is 48.2 Å². The van der Waals surface area contributed by atoms with E-state index in [0.717, 1.165) is 49.8 Å². The van der Waals surface area contributed by atoms with Crippen molar-refractivity contribution in [1.82, 2.24) is 14.9 Å². The van der Waals surface area contributed by atoms with Crippen molar-refractivity contribution in [2.75, 3.05) is 38.2 Å². The third-order valence-corrected chi connectivity index (χ3v) is 4.34. The Bertz CT molecular complexity index is 774. The summed E-state index contributed by atoms with van der Waals surface area (Å²) in [5, 5.41) is 0. The Hall–Kier alpha value is -2.60. The molecule has 124 valence electrons. The third-order valence-electron chi connectivity index (χ3n) is 4.34. The molecule has 3 aromatic rings. The maximum Gasteiger partial charge on any atom is 0.298 e. The van der Waals surface area contributed by atoms with Gasteiger partial charge in [-0.1, -0.05) is 18.2 Å². The van der Waals surface area contributed by atoms with E-state index in [1.54, 1.807) is 7.11 Å². The second-order valence-corrected chi connectivity index (χ2v) is 5.94. The van der Waals surface area contributed by atoms with E-state index >= 15 is 0 Å². The van der Waals surface area contributed by atoms with Gasteiger partial charge >= 0.3 is 0 Å². The van der Waals surface area contributed by atoms with Gasteiger partial charge in [-0.15, -0.1) is 0 Å². The van der Waals surface area contributed by atoms with Crippen molar-refractivity contribution in [3.8, 4) is 5.88 Å². The van der Waals surface area contributed by atoms with Gasteiger partial charge in [0.1, 0.15) is 5.52 Å². The second kappa shape index (κ2) is 6.49. The maximum absolute atomic E-state index is 5.86. The van der Waals surface area contributed by atoms with Crippen LogP contribution in [0.15, 0.2) is 47.0 Å². The smallest absolute Gasteiger partial charge is 0.298 e. The van der Waals surface area contributed by atoms with E-state index in [0.29, 0.717) is 5.88 Å². The molecule has 1 aliphatic rings. The number of hydrogen-bond acceptors (Lipinski definition) is 6. The summed E-state index contributed by atoms with van der Waals surface area (Å²) >= 11 is 0. The fraction of sp³-hybridized carbons (Fsp3) is 0.333. The standard InChI is InChI=1S/C18H20N4O2/c1-23-17-7-6-14(12-19-17)13-21-8-10-22(11-9-21)18-20-15-4-2-3-5-16(15)24-18/h2-7,12H,8-11,13H2,1H3. The number of fused-ring (bicyclic) bond motifs is 1. The number of aromatic nitrogens is 2. The van der Waals surface area contributed by atoms with Crippen molar-refractivity contribution >= 4 is 17.1 Å². The van der Waals surface area contributed by atoms with Crippen LogP contribution >= 0.6 is 0 Å². The minimum atomic E-state index is 0.652. The van der Waals surface area contributed by atoms with Gasteiger partial charge < -0.3 is 14.1 Å². The molecule has 0 atom stereocenters. The van der Waals surface area contributed by atoms with Gasteiger partial charge in [-0.3, -0.25) is 4.90 Å². The highest BCUT2D eigenvalue weighted by Crippen LogP contribution is 2.22. The monoisotopic (exact) mass is 324 g/mol. The van der Waals surface area contributed by atoms with Gasteiger partial charge in [-0.05, 0) is 17.7 Å². The minimum Gasteiger partial charge on any atom is -0.481 e. The summed E-state index contributed by atoms with van der Waals surface area (Å²) in [6, 6.07) is 12.6. The number of nitrogens with zero attached hydrogens (tertiary/aromatic N) is 4. The molecule has 0 aliphatic carbocycles. The van der Waals surface area contributed by atoms with Crippen LogP contribution in [0.5, 0.6) is 5.88 Å². The summed E-state index contributed by atoms with van der Waals surface area (Å²) in [5.74, 6) is 0.652. The number of anilines is 1. The number of benzene rings is 1. The number of ether oxygens (including phenoxy) is 1. The molecule has 2 aromatic heterocycles. The molecule has 24 heavy (non-hydrogen) atoms. The molecule has 0 unspecified atom stereocenters. The largest absolute Gasteiger partial charge is 0.481 e. The molecule has 6 heteroatoms. The number of oxazole rings is 1. The Labute approximate surface area is 140 Å². The SMILES string of the molecule is COc1ccc(CN2CCN(c3nc4ccccc4o3)CC2)cn1. The summed E-state index contributed by atoms with van der Waals surface area (Å²) < 4.78 is 11.0. The molecule has 0 radical (unpaired) electrons. The molecule has 3 heterocycles. The van der Waals surface area contributed by atoms with E-state index in [1.165, 1.54) is 5.56 Å². The Balaban J connectivity index is 1.37. The molecule has 6 nitrogen and oxygen atoms in total. The number of rotatable bonds is 4. The first-order valence-corrected chi connectivity index (χ1v) is 8.13. The molecule has 0 amide bonds. The molecular formula is C18H20N4O2. The van der Waals surface area contributed by atoms with Crippen molar-refractivity contribution in [3.63, 3.8) is 0 Å². The quantitative estimate of drug-likeness (QED) is 0.735. The normalized spacial score (nSPS) is 15.8. The van der Waals surface area contributed by atoms with Crippen LogP contribution in [0.1, 0.15) is 5.56 Å². The molecule has 1 aromatic carbocycles. The van der Waals surface area contributed by atoms with Gasteiger partial charge in [0.15, 0.2) is 5.58 Å². The van der Waals surface area contributed by atoms with Crippen LogP contribution < -0.4 is 9.64 Å². The predicted molar refractivity (Wildman–Crippen MR) is 92.3 cm³/mol. The summed E-state index contributed by atoms with van der Waals surface area (Å²) in [4.78, 5) is 13.5.